The number of aryl methyl sites for hydroxylation is 1. The molecule has 0 aromatic heterocycles. The number of carbonyl (C=O) groups excluding carboxylic acids is 2. The van der Waals surface area contributed by atoms with Gasteiger partial charge in [0, 0.05) is 37.2 Å². The summed E-state index contributed by atoms with van der Waals surface area (Å²) < 4.78 is 16.2. The van der Waals surface area contributed by atoms with Gasteiger partial charge in [-0.1, -0.05) is 18.2 Å². The van der Waals surface area contributed by atoms with E-state index >= 15 is 0 Å². The maximum atomic E-state index is 11.3. The third-order valence-corrected chi connectivity index (χ3v) is 5.14. The van der Waals surface area contributed by atoms with Gasteiger partial charge in [-0.3, -0.25) is 9.59 Å². The summed E-state index contributed by atoms with van der Waals surface area (Å²) in [7, 11) is 1.39. The number of ether oxygens (including phenoxy) is 3. The van der Waals surface area contributed by atoms with Gasteiger partial charge >= 0.3 is 11.9 Å². The molecule has 1 saturated carbocycles. The first kappa shape index (κ1) is 17.7. The Kier molecular flexibility index (Phi) is 5.27. The Bertz CT molecular complexity index is 655. The second kappa shape index (κ2) is 7.44. The fourth-order valence-corrected chi connectivity index (χ4v) is 4.07. The second-order valence-electron chi connectivity index (χ2n) is 6.68. The molecule has 1 N–H and O–H groups in total. The lowest BCUT2D eigenvalue weighted by Crippen LogP contribution is -2.26. The monoisotopic (exact) mass is 348 g/mol. The molecule has 1 fully saturated rings. The normalized spacial score (nSPS) is 26.5. The van der Waals surface area contributed by atoms with Crippen LogP contribution in [0.15, 0.2) is 18.2 Å². The van der Waals surface area contributed by atoms with Crippen molar-refractivity contribution in [2.75, 3.05) is 13.7 Å². The minimum absolute atomic E-state index is 0.0323. The second-order valence-corrected chi connectivity index (χ2v) is 6.68. The molecule has 0 amide bonds. The lowest BCUT2D eigenvalue weighted by molar-refractivity contribution is -0.149. The fraction of sp³-hybridized carbons (Fsp3) is 0.579. The molecule has 0 radical (unpaired) electrons. The predicted molar refractivity (Wildman–Crippen MR) is 89.3 cm³/mol. The summed E-state index contributed by atoms with van der Waals surface area (Å²) in [6.07, 6.45) is 2.00. The summed E-state index contributed by atoms with van der Waals surface area (Å²) in [5, 5.41) is 9.82. The van der Waals surface area contributed by atoms with Gasteiger partial charge in [-0.05, 0) is 18.4 Å². The average molecular weight is 348 g/mol. The van der Waals surface area contributed by atoms with Crippen LogP contribution in [0.1, 0.15) is 43.2 Å². The van der Waals surface area contributed by atoms with Crippen LogP contribution in [0.3, 0.4) is 0 Å². The van der Waals surface area contributed by atoms with E-state index in [4.69, 9.17) is 9.47 Å². The molecule has 0 bridgehead atoms. The highest BCUT2D eigenvalue weighted by atomic mass is 16.6. The van der Waals surface area contributed by atoms with Crippen molar-refractivity contribution in [3.63, 3.8) is 0 Å². The Morgan fingerprint density at radius 1 is 1.36 bits per heavy atom. The van der Waals surface area contributed by atoms with E-state index in [0.29, 0.717) is 19.3 Å². The summed E-state index contributed by atoms with van der Waals surface area (Å²) in [6.45, 7) is 1.34. The number of aliphatic hydroxyl groups is 1. The summed E-state index contributed by atoms with van der Waals surface area (Å²) >= 11 is 0. The minimum atomic E-state index is -0.333. The molecule has 1 aromatic rings. The van der Waals surface area contributed by atoms with Crippen LogP contribution in [-0.2, 0) is 25.5 Å². The molecule has 1 aliphatic heterocycles. The number of aliphatic hydroxyl groups excluding tert-OH is 1. The number of methoxy groups -OCH3 is 1. The zero-order chi connectivity index (χ0) is 18.0. The summed E-state index contributed by atoms with van der Waals surface area (Å²) in [5.41, 5.74) is 2.13. The maximum absolute atomic E-state index is 11.3. The quantitative estimate of drug-likeness (QED) is 0.792. The summed E-state index contributed by atoms with van der Waals surface area (Å²) in [6, 6.07) is 6.00. The van der Waals surface area contributed by atoms with Crippen molar-refractivity contribution in [1.29, 1.82) is 0 Å². The number of rotatable bonds is 6. The molecule has 2 aliphatic rings. The van der Waals surface area contributed by atoms with Crippen LogP contribution in [0.4, 0.5) is 0 Å². The number of hydrogen-bond donors (Lipinski definition) is 1. The molecule has 6 nitrogen and oxygen atoms in total. The first-order valence-corrected chi connectivity index (χ1v) is 8.68. The van der Waals surface area contributed by atoms with Crippen LogP contribution in [0.5, 0.6) is 5.75 Å². The van der Waals surface area contributed by atoms with Gasteiger partial charge in [-0.25, -0.2) is 0 Å². The molecule has 4 atom stereocenters. The number of esters is 2. The van der Waals surface area contributed by atoms with Gasteiger partial charge in [0.2, 0.25) is 0 Å². The van der Waals surface area contributed by atoms with Gasteiger partial charge in [0.15, 0.2) is 0 Å². The zero-order valence-corrected chi connectivity index (χ0v) is 14.6. The van der Waals surface area contributed by atoms with Crippen molar-refractivity contribution < 1.29 is 28.9 Å². The van der Waals surface area contributed by atoms with Crippen LogP contribution in [0.2, 0.25) is 0 Å². The Labute approximate surface area is 147 Å². The molecule has 25 heavy (non-hydrogen) atoms. The topological polar surface area (TPSA) is 82.1 Å². The first-order chi connectivity index (χ1) is 12.0. The van der Waals surface area contributed by atoms with Crippen molar-refractivity contribution in [2.45, 2.75) is 50.7 Å². The molecule has 6 heteroatoms. The highest BCUT2D eigenvalue weighted by Gasteiger charge is 2.51. The van der Waals surface area contributed by atoms with Gasteiger partial charge in [0.1, 0.15) is 18.0 Å². The van der Waals surface area contributed by atoms with Gasteiger partial charge in [0.25, 0.3) is 0 Å². The Hall–Kier alpha value is -2.08. The van der Waals surface area contributed by atoms with E-state index < -0.39 is 0 Å². The zero-order valence-electron chi connectivity index (χ0n) is 14.6. The van der Waals surface area contributed by atoms with Gasteiger partial charge in [0.05, 0.1) is 13.7 Å². The van der Waals surface area contributed by atoms with Gasteiger partial charge in [-0.2, -0.15) is 0 Å². The average Bonchev–Trinajstić information content (AvgIpc) is 3.09. The van der Waals surface area contributed by atoms with E-state index in [1.54, 1.807) is 0 Å². The lowest BCUT2D eigenvalue weighted by Gasteiger charge is -2.21. The van der Waals surface area contributed by atoms with E-state index in [1.807, 2.05) is 18.2 Å². The fourth-order valence-electron chi connectivity index (χ4n) is 4.07. The number of para-hydroxylation sites is 1. The van der Waals surface area contributed by atoms with Crippen LogP contribution < -0.4 is 4.74 Å². The molecule has 1 heterocycles. The van der Waals surface area contributed by atoms with E-state index in [0.717, 1.165) is 23.3 Å². The Morgan fingerprint density at radius 2 is 2.16 bits per heavy atom. The van der Waals surface area contributed by atoms with E-state index in [-0.39, 0.29) is 42.6 Å². The molecular formula is C19H24O6. The SMILES string of the molecule is COC(=O)CCCc1cccc2c1OC1CC(OC(C)=O)C(CO)C21. The number of fused-ring (bicyclic) bond motifs is 3. The third-order valence-electron chi connectivity index (χ3n) is 5.14. The van der Waals surface area contributed by atoms with Crippen LogP contribution in [-0.4, -0.2) is 43.0 Å². The molecular weight excluding hydrogens is 324 g/mol. The van der Waals surface area contributed by atoms with Crippen molar-refractivity contribution in [2.24, 2.45) is 5.92 Å². The third kappa shape index (κ3) is 3.49. The molecule has 4 unspecified atom stereocenters. The lowest BCUT2D eigenvalue weighted by atomic mass is 9.87. The molecule has 0 saturated heterocycles. The maximum Gasteiger partial charge on any atom is 0.305 e. The van der Waals surface area contributed by atoms with Gasteiger partial charge < -0.3 is 19.3 Å². The van der Waals surface area contributed by atoms with E-state index in [1.165, 1.54) is 14.0 Å². The molecule has 0 spiro atoms. The number of carbonyl (C=O) groups is 2. The molecule has 3 rings (SSSR count). The van der Waals surface area contributed by atoms with Gasteiger partial charge in [-0.15, -0.1) is 0 Å². The standard InChI is InChI=1S/C19H24O6/c1-11(21)24-15-9-16-18(14(15)10-20)13-7-3-5-12(19(13)25-16)6-4-8-17(22)23-2/h3,5,7,14-16,18,20H,4,6,8-10H2,1-2H3. The van der Waals surface area contributed by atoms with Crippen LogP contribution in [0.25, 0.3) is 0 Å². The molecule has 1 aliphatic carbocycles. The van der Waals surface area contributed by atoms with E-state index in [9.17, 15) is 14.7 Å². The smallest absolute Gasteiger partial charge is 0.305 e. The number of hydrogen-bond acceptors (Lipinski definition) is 6. The minimum Gasteiger partial charge on any atom is -0.489 e. The van der Waals surface area contributed by atoms with E-state index in [2.05, 4.69) is 4.74 Å². The van der Waals surface area contributed by atoms with Crippen molar-refractivity contribution in [1.82, 2.24) is 0 Å². The summed E-state index contributed by atoms with van der Waals surface area (Å²) in [5.74, 6) is 0.197. The van der Waals surface area contributed by atoms with Crippen molar-refractivity contribution in [3.05, 3.63) is 29.3 Å². The Balaban J connectivity index is 1.76. The Morgan fingerprint density at radius 3 is 2.84 bits per heavy atom. The van der Waals surface area contributed by atoms with Crippen LogP contribution >= 0.6 is 0 Å². The first-order valence-electron chi connectivity index (χ1n) is 8.68. The number of benzene rings is 1. The van der Waals surface area contributed by atoms with Crippen LogP contribution in [0, 0.1) is 5.92 Å². The highest BCUT2D eigenvalue weighted by molar-refractivity contribution is 5.69. The summed E-state index contributed by atoms with van der Waals surface area (Å²) in [4.78, 5) is 22.6. The predicted octanol–water partition coefficient (Wildman–Crippen LogP) is 1.97. The molecule has 136 valence electrons. The van der Waals surface area contributed by atoms with Crippen molar-refractivity contribution in [3.8, 4) is 5.75 Å². The highest BCUT2D eigenvalue weighted by Crippen LogP contribution is 2.52. The largest absolute Gasteiger partial charge is 0.489 e. The molecule has 1 aromatic carbocycles. The van der Waals surface area contributed by atoms with Crippen molar-refractivity contribution >= 4 is 11.9 Å².